The first-order chi connectivity index (χ1) is 13.5. The van der Waals surface area contributed by atoms with Crippen LogP contribution in [0.4, 0.5) is 4.79 Å². The van der Waals surface area contributed by atoms with Gasteiger partial charge in [0.2, 0.25) is 5.91 Å². The summed E-state index contributed by atoms with van der Waals surface area (Å²) in [5.74, 6) is -0.239. The standard InChI is InChI=1S/C21H29N3O4/c1-3-28-20(26)17-9-11-23(12-10-17)21(27)22-18-13-19(25)24(14-18)15(2)16-7-5-4-6-8-16/h4-8,15,17-18H,3,9-14H2,1-2H3,(H,22,27). The fourth-order valence-electron chi connectivity index (χ4n) is 3.96. The molecule has 1 N–H and O–H groups in total. The molecule has 2 saturated heterocycles. The van der Waals surface area contributed by atoms with Gasteiger partial charge in [-0.25, -0.2) is 4.79 Å². The minimum atomic E-state index is -0.186. The number of ether oxygens (including phenoxy) is 1. The maximum Gasteiger partial charge on any atom is 0.317 e. The van der Waals surface area contributed by atoms with Crippen LogP contribution in [0, 0.1) is 5.92 Å². The fraction of sp³-hybridized carbons (Fsp3) is 0.571. The summed E-state index contributed by atoms with van der Waals surface area (Å²) in [4.78, 5) is 40.4. The van der Waals surface area contributed by atoms with Crippen LogP contribution in [0.1, 0.15) is 44.7 Å². The maximum atomic E-state index is 12.6. The summed E-state index contributed by atoms with van der Waals surface area (Å²) in [5.41, 5.74) is 1.09. The molecule has 0 radical (unpaired) electrons. The second-order valence-electron chi connectivity index (χ2n) is 7.50. The van der Waals surface area contributed by atoms with E-state index in [9.17, 15) is 14.4 Å². The van der Waals surface area contributed by atoms with Crippen LogP contribution < -0.4 is 5.32 Å². The zero-order valence-electron chi connectivity index (χ0n) is 16.6. The van der Waals surface area contributed by atoms with Crippen LogP contribution in [0.25, 0.3) is 0 Å². The van der Waals surface area contributed by atoms with Gasteiger partial charge in [-0.05, 0) is 32.3 Å². The van der Waals surface area contributed by atoms with E-state index in [-0.39, 0.29) is 35.9 Å². The average Bonchev–Trinajstić information content (AvgIpc) is 3.08. The van der Waals surface area contributed by atoms with Crippen molar-refractivity contribution in [1.29, 1.82) is 0 Å². The summed E-state index contributed by atoms with van der Waals surface area (Å²) < 4.78 is 5.07. The van der Waals surface area contributed by atoms with E-state index in [4.69, 9.17) is 4.74 Å². The van der Waals surface area contributed by atoms with Gasteiger partial charge in [-0.2, -0.15) is 0 Å². The highest BCUT2D eigenvalue weighted by Gasteiger charge is 2.35. The van der Waals surface area contributed by atoms with Crippen LogP contribution >= 0.6 is 0 Å². The van der Waals surface area contributed by atoms with Gasteiger partial charge in [0.1, 0.15) is 0 Å². The van der Waals surface area contributed by atoms with Crippen molar-refractivity contribution in [3.8, 4) is 0 Å². The van der Waals surface area contributed by atoms with Gasteiger partial charge >= 0.3 is 12.0 Å². The Morgan fingerprint density at radius 3 is 2.54 bits per heavy atom. The number of hydrogen-bond acceptors (Lipinski definition) is 4. The summed E-state index contributed by atoms with van der Waals surface area (Å²) in [6.45, 7) is 5.76. The molecule has 1 aromatic carbocycles. The number of piperidine rings is 1. The molecule has 0 aromatic heterocycles. The molecular weight excluding hydrogens is 358 g/mol. The third kappa shape index (κ3) is 4.64. The smallest absolute Gasteiger partial charge is 0.317 e. The minimum absolute atomic E-state index is 0.0177. The molecule has 3 amide bonds. The number of hydrogen-bond donors (Lipinski definition) is 1. The van der Waals surface area contributed by atoms with Crippen LogP contribution in [-0.4, -0.2) is 60.0 Å². The molecule has 2 aliphatic heterocycles. The largest absolute Gasteiger partial charge is 0.466 e. The van der Waals surface area contributed by atoms with E-state index in [0.717, 1.165) is 5.56 Å². The molecule has 7 nitrogen and oxygen atoms in total. The molecule has 0 bridgehead atoms. The molecule has 1 aromatic rings. The molecule has 152 valence electrons. The Morgan fingerprint density at radius 2 is 1.89 bits per heavy atom. The van der Waals surface area contributed by atoms with E-state index < -0.39 is 0 Å². The number of urea groups is 1. The number of carbonyl (C=O) groups excluding carboxylic acids is 3. The highest BCUT2D eigenvalue weighted by atomic mass is 16.5. The number of likely N-dealkylation sites (tertiary alicyclic amines) is 2. The Hall–Kier alpha value is -2.57. The molecule has 2 aliphatic rings. The lowest BCUT2D eigenvalue weighted by Gasteiger charge is -2.32. The summed E-state index contributed by atoms with van der Waals surface area (Å²) in [5, 5.41) is 2.99. The Morgan fingerprint density at radius 1 is 1.21 bits per heavy atom. The number of amides is 3. The van der Waals surface area contributed by atoms with Crippen molar-refractivity contribution in [2.24, 2.45) is 5.92 Å². The molecule has 2 atom stereocenters. The monoisotopic (exact) mass is 387 g/mol. The zero-order valence-corrected chi connectivity index (χ0v) is 16.6. The quantitative estimate of drug-likeness (QED) is 0.787. The van der Waals surface area contributed by atoms with Gasteiger partial charge < -0.3 is 19.9 Å². The predicted molar refractivity (Wildman–Crippen MR) is 104 cm³/mol. The summed E-state index contributed by atoms with van der Waals surface area (Å²) >= 11 is 0. The highest BCUT2D eigenvalue weighted by Crippen LogP contribution is 2.26. The normalized spacial score (nSPS) is 21.5. The highest BCUT2D eigenvalue weighted by molar-refractivity contribution is 5.82. The van der Waals surface area contributed by atoms with Gasteiger partial charge in [0, 0.05) is 26.1 Å². The van der Waals surface area contributed by atoms with Crippen LogP contribution in [0.2, 0.25) is 0 Å². The van der Waals surface area contributed by atoms with Gasteiger partial charge in [-0.3, -0.25) is 9.59 Å². The van der Waals surface area contributed by atoms with Crippen molar-refractivity contribution in [1.82, 2.24) is 15.1 Å². The molecule has 2 unspecified atom stereocenters. The molecule has 2 fully saturated rings. The Bertz CT molecular complexity index is 701. The van der Waals surface area contributed by atoms with Crippen molar-refractivity contribution >= 4 is 17.9 Å². The first-order valence-corrected chi connectivity index (χ1v) is 10.1. The summed E-state index contributed by atoms with van der Waals surface area (Å²) in [7, 11) is 0. The lowest BCUT2D eigenvalue weighted by atomic mass is 9.97. The SMILES string of the molecule is CCOC(=O)C1CCN(C(=O)NC2CC(=O)N(C(C)c3ccccc3)C2)CC1. The number of esters is 1. The molecule has 0 aliphatic carbocycles. The third-order valence-corrected chi connectivity index (χ3v) is 5.64. The van der Waals surface area contributed by atoms with Crippen LogP contribution in [-0.2, 0) is 14.3 Å². The number of nitrogens with one attached hydrogen (secondary N) is 1. The second kappa shape index (κ2) is 9.08. The Balaban J connectivity index is 1.49. The van der Waals surface area contributed by atoms with E-state index in [0.29, 0.717) is 45.5 Å². The van der Waals surface area contributed by atoms with E-state index in [1.54, 1.807) is 11.8 Å². The van der Waals surface area contributed by atoms with Gasteiger partial charge in [0.25, 0.3) is 0 Å². The van der Waals surface area contributed by atoms with Crippen molar-refractivity contribution in [2.75, 3.05) is 26.2 Å². The maximum absolute atomic E-state index is 12.6. The molecule has 2 heterocycles. The number of rotatable bonds is 5. The Labute approximate surface area is 166 Å². The second-order valence-corrected chi connectivity index (χ2v) is 7.50. The molecule has 0 spiro atoms. The van der Waals surface area contributed by atoms with Gasteiger partial charge in [0.05, 0.1) is 24.6 Å². The van der Waals surface area contributed by atoms with Crippen LogP contribution in [0.15, 0.2) is 30.3 Å². The molecular formula is C21H29N3O4. The lowest BCUT2D eigenvalue weighted by molar-refractivity contribution is -0.149. The summed E-state index contributed by atoms with van der Waals surface area (Å²) in [6, 6.07) is 9.54. The van der Waals surface area contributed by atoms with Crippen molar-refractivity contribution in [3.05, 3.63) is 35.9 Å². The van der Waals surface area contributed by atoms with Crippen LogP contribution in [0.5, 0.6) is 0 Å². The lowest BCUT2D eigenvalue weighted by Crippen LogP contribution is -2.49. The molecule has 28 heavy (non-hydrogen) atoms. The van der Waals surface area contributed by atoms with E-state index >= 15 is 0 Å². The van der Waals surface area contributed by atoms with Gasteiger partial charge in [0.15, 0.2) is 0 Å². The number of benzene rings is 1. The molecule has 7 heteroatoms. The molecule has 3 rings (SSSR count). The topological polar surface area (TPSA) is 79.0 Å². The minimum Gasteiger partial charge on any atom is -0.466 e. The number of nitrogens with zero attached hydrogens (tertiary/aromatic N) is 2. The van der Waals surface area contributed by atoms with Crippen molar-refractivity contribution in [3.63, 3.8) is 0 Å². The average molecular weight is 387 g/mol. The van der Waals surface area contributed by atoms with E-state index in [1.165, 1.54) is 0 Å². The molecule has 0 saturated carbocycles. The fourth-order valence-corrected chi connectivity index (χ4v) is 3.96. The van der Waals surface area contributed by atoms with Gasteiger partial charge in [-0.15, -0.1) is 0 Å². The van der Waals surface area contributed by atoms with Gasteiger partial charge in [-0.1, -0.05) is 30.3 Å². The Kier molecular flexibility index (Phi) is 6.54. The van der Waals surface area contributed by atoms with Crippen molar-refractivity contribution in [2.45, 2.75) is 45.2 Å². The van der Waals surface area contributed by atoms with E-state index in [1.807, 2.05) is 42.2 Å². The van der Waals surface area contributed by atoms with E-state index in [2.05, 4.69) is 5.32 Å². The first-order valence-electron chi connectivity index (χ1n) is 10.1. The zero-order chi connectivity index (χ0) is 20.1. The summed E-state index contributed by atoms with van der Waals surface area (Å²) in [6.07, 6.45) is 1.56. The number of carbonyl (C=O) groups is 3. The van der Waals surface area contributed by atoms with Crippen molar-refractivity contribution < 1.29 is 19.1 Å². The first kappa shape index (κ1) is 20.2. The predicted octanol–water partition coefficient (Wildman–Crippen LogP) is 2.33. The third-order valence-electron chi connectivity index (χ3n) is 5.64. The van der Waals surface area contributed by atoms with Crippen LogP contribution in [0.3, 0.4) is 0 Å².